The van der Waals surface area contributed by atoms with Crippen LogP contribution >= 0.6 is 11.3 Å². The molecule has 0 radical (unpaired) electrons. The van der Waals surface area contributed by atoms with Gasteiger partial charge in [-0.2, -0.15) is 0 Å². The highest BCUT2D eigenvalue weighted by molar-refractivity contribution is 7.12. The molecule has 3 aromatic rings. The van der Waals surface area contributed by atoms with E-state index < -0.39 is 24.1 Å². The first kappa shape index (κ1) is 18.5. The van der Waals surface area contributed by atoms with Gasteiger partial charge < -0.3 is 15.4 Å². The summed E-state index contributed by atoms with van der Waals surface area (Å²) >= 11 is 1.33. The molecule has 1 aromatic heterocycles. The normalized spacial score (nSPS) is 10.3. The second-order valence-electron chi connectivity index (χ2n) is 5.42. The molecule has 2 aromatic carbocycles. The highest BCUT2D eigenvalue weighted by Gasteiger charge is 2.10. The fourth-order valence-electron chi connectivity index (χ4n) is 2.17. The number of ether oxygens (including phenoxy) is 1. The number of halogens is 2. The van der Waals surface area contributed by atoms with Crippen LogP contribution in [0, 0.1) is 11.6 Å². The Morgan fingerprint density at radius 1 is 0.963 bits per heavy atom. The molecular formula is C19H14F2N2O3S. The number of carbonyl (C=O) groups is 2. The Bertz CT molecular complexity index is 944. The molecule has 0 aliphatic heterocycles. The van der Waals surface area contributed by atoms with Gasteiger partial charge >= 0.3 is 0 Å². The summed E-state index contributed by atoms with van der Waals surface area (Å²) in [5, 5.41) is 7.11. The molecule has 0 unspecified atom stereocenters. The van der Waals surface area contributed by atoms with Gasteiger partial charge in [0.25, 0.3) is 11.8 Å². The highest BCUT2D eigenvalue weighted by Crippen LogP contribution is 2.19. The number of hydrogen-bond acceptors (Lipinski definition) is 4. The summed E-state index contributed by atoms with van der Waals surface area (Å²) in [6.07, 6.45) is 0. The van der Waals surface area contributed by atoms with Gasteiger partial charge in [0.1, 0.15) is 5.82 Å². The number of nitrogens with one attached hydrogen (secondary N) is 2. The van der Waals surface area contributed by atoms with Gasteiger partial charge in [-0.25, -0.2) is 8.78 Å². The van der Waals surface area contributed by atoms with Crippen LogP contribution in [0.15, 0.2) is 60.0 Å². The van der Waals surface area contributed by atoms with Crippen LogP contribution in [0.25, 0.3) is 0 Å². The average Bonchev–Trinajstić information content (AvgIpc) is 3.19. The summed E-state index contributed by atoms with van der Waals surface area (Å²) < 4.78 is 31.5. The number of thiophene rings is 1. The minimum atomic E-state index is -0.755. The molecule has 0 aliphatic rings. The predicted molar refractivity (Wildman–Crippen MR) is 99.2 cm³/mol. The quantitative estimate of drug-likeness (QED) is 0.662. The number of hydrogen-bond donors (Lipinski definition) is 2. The smallest absolute Gasteiger partial charge is 0.265 e. The second-order valence-corrected chi connectivity index (χ2v) is 6.37. The van der Waals surface area contributed by atoms with Gasteiger partial charge in [-0.3, -0.25) is 9.59 Å². The fourth-order valence-corrected chi connectivity index (χ4v) is 2.78. The van der Waals surface area contributed by atoms with E-state index in [0.717, 1.165) is 18.2 Å². The highest BCUT2D eigenvalue weighted by atomic mass is 32.1. The van der Waals surface area contributed by atoms with Crippen LogP contribution in [0.2, 0.25) is 0 Å². The number of amides is 2. The molecule has 0 saturated carbocycles. The van der Waals surface area contributed by atoms with Gasteiger partial charge in [-0.15, -0.1) is 11.3 Å². The van der Waals surface area contributed by atoms with E-state index in [-0.39, 0.29) is 11.7 Å². The van der Waals surface area contributed by atoms with Gasteiger partial charge in [0.15, 0.2) is 18.2 Å². The third-order valence-electron chi connectivity index (χ3n) is 3.42. The molecule has 8 heteroatoms. The van der Waals surface area contributed by atoms with Crippen molar-refractivity contribution in [2.75, 3.05) is 17.2 Å². The second kappa shape index (κ2) is 8.41. The van der Waals surface area contributed by atoms with Gasteiger partial charge in [-0.05, 0) is 47.8 Å². The molecule has 0 saturated heterocycles. The molecule has 0 aliphatic carbocycles. The van der Waals surface area contributed by atoms with Gasteiger partial charge in [-0.1, -0.05) is 6.07 Å². The summed E-state index contributed by atoms with van der Waals surface area (Å²) in [7, 11) is 0. The molecule has 27 heavy (non-hydrogen) atoms. The van der Waals surface area contributed by atoms with Crippen molar-refractivity contribution in [1.29, 1.82) is 0 Å². The Morgan fingerprint density at radius 2 is 1.67 bits per heavy atom. The van der Waals surface area contributed by atoms with Crippen molar-refractivity contribution in [2.45, 2.75) is 0 Å². The van der Waals surface area contributed by atoms with Crippen molar-refractivity contribution in [3.63, 3.8) is 0 Å². The van der Waals surface area contributed by atoms with E-state index in [4.69, 9.17) is 4.74 Å². The summed E-state index contributed by atoms with van der Waals surface area (Å²) in [6, 6.07) is 12.7. The van der Waals surface area contributed by atoms with E-state index in [9.17, 15) is 18.4 Å². The fraction of sp³-hybridized carbons (Fsp3) is 0.0526. The third-order valence-corrected chi connectivity index (χ3v) is 4.29. The van der Waals surface area contributed by atoms with Crippen LogP contribution in [-0.2, 0) is 4.79 Å². The molecule has 1 heterocycles. The van der Waals surface area contributed by atoms with Crippen LogP contribution < -0.4 is 15.4 Å². The molecular weight excluding hydrogens is 374 g/mol. The Labute approximate surface area is 157 Å². The van der Waals surface area contributed by atoms with Crippen molar-refractivity contribution in [2.24, 2.45) is 0 Å². The van der Waals surface area contributed by atoms with Crippen molar-refractivity contribution >= 4 is 34.5 Å². The van der Waals surface area contributed by atoms with Gasteiger partial charge in [0, 0.05) is 17.4 Å². The largest absolute Gasteiger partial charge is 0.481 e. The van der Waals surface area contributed by atoms with Gasteiger partial charge in [0.2, 0.25) is 0 Å². The summed E-state index contributed by atoms with van der Waals surface area (Å²) in [5.41, 5.74) is 1.04. The van der Waals surface area contributed by atoms with Crippen LogP contribution in [0.4, 0.5) is 20.2 Å². The summed E-state index contributed by atoms with van der Waals surface area (Å²) in [4.78, 5) is 24.4. The van der Waals surface area contributed by atoms with Crippen LogP contribution in [0.5, 0.6) is 5.75 Å². The molecule has 3 rings (SSSR count). The maximum atomic E-state index is 13.4. The number of rotatable bonds is 6. The van der Waals surface area contributed by atoms with Gasteiger partial charge in [0.05, 0.1) is 4.88 Å². The first-order valence-electron chi connectivity index (χ1n) is 7.84. The molecule has 0 fully saturated rings. The van der Waals surface area contributed by atoms with Crippen molar-refractivity contribution in [3.8, 4) is 5.75 Å². The van der Waals surface area contributed by atoms with Crippen molar-refractivity contribution < 1.29 is 23.1 Å². The first-order chi connectivity index (χ1) is 13.0. The lowest BCUT2D eigenvalue weighted by Gasteiger charge is -2.09. The maximum Gasteiger partial charge on any atom is 0.265 e. The molecule has 0 atom stereocenters. The van der Waals surface area contributed by atoms with Crippen molar-refractivity contribution in [3.05, 3.63) is 76.5 Å². The Balaban J connectivity index is 1.52. The molecule has 138 valence electrons. The molecule has 5 nitrogen and oxygen atoms in total. The minimum absolute atomic E-state index is 0.215. The molecule has 2 N–H and O–H groups in total. The van der Waals surface area contributed by atoms with E-state index in [1.165, 1.54) is 11.3 Å². The Kier molecular flexibility index (Phi) is 5.77. The minimum Gasteiger partial charge on any atom is -0.481 e. The number of benzene rings is 2. The summed E-state index contributed by atoms with van der Waals surface area (Å²) in [5.74, 6) is -2.50. The van der Waals surface area contributed by atoms with E-state index in [0.29, 0.717) is 16.3 Å². The zero-order valence-corrected chi connectivity index (χ0v) is 14.7. The Hall–Kier alpha value is -3.26. The zero-order chi connectivity index (χ0) is 19.2. The third kappa shape index (κ3) is 5.11. The lowest BCUT2D eigenvalue weighted by atomic mass is 10.2. The van der Waals surface area contributed by atoms with Crippen LogP contribution in [-0.4, -0.2) is 18.4 Å². The molecule has 2 amide bonds. The number of anilines is 2. The standard InChI is InChI=1S/C19H14F2N2O3S/c20-12-3-8-15(21)16(10-12)26-11-18(24)22-13-4-6-14(7-5-13)23-19(25)17-2-1-9-27-17/h1-10H,11H2,(H,22,24)(H,23,25). The van der Waals surface area contributed by atoms with E-state index in [1.54, 1.807) is 36.4 Å². The SMILES string of the molecule is O=C(COc1cc(F)ccc1F)Nc1ccc(NC(=O)c2cccs2)cc1. The summed E-state index contributed by atoms with van der Waals surface area (Å²) in [6.45, 7) is -0.475. The van der Waals surface area contributed by atoms with E-state index in [2.05, 4.69) is 10.6 Å². The predicted octanol–water partition coefficient (Wildman–Crippen LogP) is 4.30. The molecule has 0 spiro atoms. The Morgan fingerprint density at radius 3 is 2.33 bits per heavy atom. The monoisotopic (exact) mass is 388 g/mol. The van der Waals surface area contributed by atoms with E-state index >= 15 is 0 Å². The van der Waals surface area contributed by atoms with Crippen molar-refractivity contribution in [1.82, 2.24) is 0 Å². The average molecular weight is 388 g/mol. The molecule has 0 bridgehead atoms. The lowest BCUT2D eigenvalue weighted by molar-refractivity contribution is -0.118. The lowest BCUT2D eigenvalue weighted by Crippen LogP contribution is -2.20. The maximum absolute atomic E-state index is 13.4. The topological polar surface area (TPSA) is 67.4 Å². The first-order valence-corrected chi connectivity index (χ1v) is 8.72. The van der Waals surface area contributed by atoms with Crippen LogP contribution in [0.1, 0.15) is 9.67 Å². The van der Waals surface area contributed by atoms with Crippen LogP contribution in [0.3, 0.4) is 0 Å². The van der Waals surface area contributed by atoms with E-state index in [1.807, 2.05) is 5.38 Å². The zero-order valence-electron chi connectivity index (χ0n) is 13.9. The number of carbonyl (C=O) groups excluding carboxylic acids is 2.